The Morgan fingerprint density at radius 1 is 0.687 bits per heavy atom. The predicted molar refractivity (Wildman–Crippen MR) is 494 cm³/mol. The fourth-order valence-electron chi connectivity index (χ4n) is 16.9. The zero-order valence-corrected chi connectivity index (χ0v) is 78.2. The van der Waals surface area contributed by atoms with Crippen molar-refractivity contribution in [2.24, 2.45) is 29.4 Å². The first-order chi connectivity index (χ1) is 64.7. The van der Waals surface area contributed by atoms with Crippen LogP contribution in [0.2, 0.25) is 0 Å². The number of aliphatic hydroxyl groups is 3. The van der Waals surface area contributed by atoms with Crippen LogP contribution in [0.25, 0.3) is 44.6 Å². The Hall–Kier alpha value is -10.1. The summed E-state index contributed by atoms with van der Waals surface area (Å²) in [4.78, 5) is 123. The number of methoxy groups -OCH3 is 2. The Balaban J connectivity index is 0.551. The van der Waals surface area contributed by atoms with Crippen LogP contribution in [-0.2, 0) is 96.9 Å². The molecule has 39 nitrogen and oxygen atoms in total. The number of aryl methyl sites for hydroxylation is 1. The van der Waals surface area contributed by atoms with Gasteiger partial charge in [-0.3, -0.25) is 33.6 Å². The van der Waals surface area contributed by atoms with Gasteiger partial charge in [0.2, 0.25) is 17.6 Å². The third kappa shape index (κ3) is 32.6. The molecule has 6 aromatic rings. The summed E-state index contributed by atoms with van der Waals surface area (Å²) in [5, 5.41) is 57.5. The highest BCUT2D eigenvalue weighted by molar-refractivity contribution is 6.39. The lowest BCUT2D eigenvalue weighted by atomic mass is 9.79. The number of piperidine rings is 1. The van der Waals surface area contributed by atoms with Gasteiger partial charge in [0.15, 0.2) is 17.0 Å². The van der Waals surface area contributed by atoms with E-state index in [4.69, 9.17) is 83.6 Å². The Morgan fingerprint density at radius 3 is 2.03 bits per heavy atom. The number of nitrogens with two attached hydrogens (primary N) is 3. The molecule has 3 aliphatic heterocycles. The zero-order valence-electron chi connectivity index (χ0n) is 78.2. The van der Waals surface area contributed by atoms with Crippen molar-refractivity contribution in [3.8, 4) is 22.5 Å². The smallest absolute Gasteiger partial charge is 0.329 e. The summed E-state index contributed by atoms with van der Waals surface area (Å²) < 4.78 is 78.0. The van der Waals surface area contributed by atoms with Crippen LogP contribution in [-0.4, -0.2) is 307 Å². The summed E-state index contributed by atoms with van der Waals surface area (Å²) in [5.41, 5.74) is 24.9. The van der Waals surface area contributed by atoms with E-state index < -0.39 is 95.6 Å². The number of nitrogen functional groups attached to an aromatic ring is 2. The Kier molecular flexibility index (Phi) is 43.7. The van der Waals surface area contributed by atoms with E-state index >= 15 is 0 Å². The molecule has 4 aliphatic rings. The van der Waals surface area contributed by atoms with Crippen LogP contribution in [0.15, 0.2) is 107 Å². The highest BCUT2D eigenvalue weighted by Crippen LogP contribution is 2.39. The highest BCUT2D eigenvalue weighted by Gasteiger charge is 2.50. The number of ketones is 3. The average Bonchev–Trinajstić information content (AvgIpc) is 1.59. The van der Waals surface area contributed by atoms with Gasteiger partial charge < -0.3 is 115 Å². The number of oxazole rings is 1. The van der Waals surface area contributed by atoms with E-state index in [0.29, 0.717) is 207 Å². The maximum Gasteiger partial charge on any atom is 0.329 e. The number of carbonyl (C=O) groups is 8. The third-order valence-electron chi connectivity index (χ3n) is 24.4. The van der Waals surface area contributed by atoms with E-state index in [1.54, 1.807) is 61.7 Å². The molecule has 0 spiro atoms. The molecule has 0 radical (unpaired) electrons. The van der Waals surface area contributed by atoms with E-state index in [1.165, 1.54) is 19.3 Å². The molecule has 39 heteroatoms. The lowest BCUT2D eigenvalue weighted by Crippen LogP contribution is -2.58. The number of cyclic esters (lactones) is 1. The number of esters is 1. The molecular formula is C95H137N15O24. The van der Waals surface area contributed by atoms with Crippen LogP contribution in [0.1, 0.15) is 160 Å². The number of Topliss-reactive ketones (excluding diaryl/α,β-unsaturated/α-hetero) is 3. The zero-order chi connectivity index (χ0) is 95.9. The van der Waals surface area contributed by atoms with Gasteiger partial charge in [-0.25, -0.2) is 24.1 Å². The molecule has 12 N–H and O–H groups in total. The molecule has 1 unspecified atom stereocenters. The quantitative estimate of drug-likeness (QED) is 0.00844. The van der Waals surface area contributed by atoms with Crippen molar-refractivity contribution < 1.29 is 115 Å². The average molecular weight is 1870 g/mol. The third-order valence-corrected chi connectivity index (χ3v) is 24.4. The lowest BCUT2D eigenvalue weighted by molar-refractivity contribution is -0.245. The molecule has 134 heavy (non-hydrogen) atoms. The number of nitrogens with one attached hydrogen (secondary N) is 3. The summed E-state index contributed by atoms with van der Waals surface area (Å²) >= 11 is 0. The minimum atomic E-state index is -2.47. The number of hydrogen-bond acceptors (Lipinski definition) is 33. The summed E-state index contributed by atoms with van der Waals surface area (Å²) in [5.74, 6) is -8.64. The maximum atomic E-state index is 14.7. The normalized spacial score (nSPS) is 24.4. The summed E-state index contributed by atoms with van der Waals surface area (Å²) in [6, 6.07) is 10.1. The van der Waals surface area contributed by atoms with E-state index in [9.17, 15) is 53.7 Å². The van der Waals surface area contributed by atoms with Crippen molar-refractivity contribution in [1.29, 1.82) is 0 Å². The van der Waals surface area contributed by atoms with Crippen LogP contribution in [0, 0.1) is 23.7 Å². The van der Waals surface area contributed by atoms with Gasteiger partial charge in [0.25, 0.3) is 23.6 Å². The first kappa shape index (κ1) is 106. The summed E-state index contributed by atoms with van der Waals surface area (Å²) in [6.07, 6.45) is 13.7. The first-order valence-corrected chi connectivity index (χ1v) is 46.7. The first-order valence-electron chi connectivity index (χ1n) is 46.7. The number of anilines is 2. The summed E-state index contributed by atoms with van der Waals surface area (Å²) in [7, 11) is 3.15. The second-order valence-electron chi connectivity index (χ2n) is 34.6. The van der Waals surface area contributed by atoms with Gasteiger partial charge >= 0.3 is 5.97 Å². The second-order valence-corrected chi connectivity index (χ2v) is 34.6. The van der Waals surface area contributed by atoms with Gasteiger partial charge in [0, 0.05) is 114 Å². The summed E-state index contributed by atoms with van der Waals surface area (Å²) in [6.45, 7) is 15.4. The number of nitrogens with zero attached hydrogens (tertiary/aromatic N) is 9. The van der Waals surface area contributed by atoms with Crippen molar-refractivity contribution in [3.63, 3.8) is 0 Å². The SMILES string of the molecule is CO[C@H]1C[C@@H]2CCC[C@@](O)(O2)C(=O)C(=O)N2CCCC[C@H]2C(=O)O[C@H]([C@H](N)C[C@@H]2CCC(n3cc(-c4cccc(C(=O)NCCOCCOCCOCCOCCC(=O)NCCOCCOCCOCCOCCC(=O)NCCCCn5nc(-c6ccc7oc(N)nc7c6)c6c(N)ncnc65)c4)nn3)[C@H](OC)C2)CC(=O)[C@H](C)/C=C(\C)[C@@H](O)[C@@H](O)C(=O)[C@H](C)C[C@H](C)/C=C/C=CC=C1C. The van der Waals surface area contributed by atoms with Crippen molar-refractivity contribution in [1.82, 2.24) is 60.6 Å². The number of benzene rings is 2. The fraction of sp³-hybridized carbons (Fsp3) is 0.621. The molecule has 4 aromatic heterocycles. The number of amides is 4. The minimum absolute atomic E-state index is 0.00614. The molecule has 2 bridgehead atoms. The Morgan fingerprint density at radius 2 is 1.35 bits per heavy atom. The molecule has 4 amide bonds. The molecule has 1 saturated carbocycles. The van der Waals surface area contributed by atoms with Crippen molar-refractivity contribution in [3.05, 3.63) is 108 Å². The van der Waals surface area contributed by atoms with Crippen LogP contribution >= 0.6 is 0 Å². The standard InChI is InChI=1S/C95H137N15O24/c1-61-17-9-8-10-18-62(2)78(122-6)57-70-21-16-29-95(121,134-70)88(117)92(119)108-33-13-11-22-75(108)93(120)132-79(58-76(111)63(3)52-65(5)86(115)87(116)85(114)64(4)51-61)71(96)53-66-23-25-74(80(54-66)123-7)110-59-73(105-107-110)67-19-15-20-69(55-67)91(118)101-32-38-127-42-46-131-50-48-129-44-40-125-36-28-82(113)100-31-37-126-41-45-130-49-47-128-43-39-124-35-27-81(112)99-30-12-14-34-109-90-83(89(97)102-60-103-90)84(106-109)68-24-26-77-72(56-68)104-94(98)133-77/h8-10,15,17-20,24,26,52,55-56,59-61,63-64,66,70-71,74-75,78-80,86-87,115-116,121H,11-14,16,21-23,25,27-51,53-54,57-58,96H2,1-7H3,(H2,98,104)(H,99,112)(H,100,113)(H,101,118)(H2,97,102,103)/b10-8?,17-9+,62-18?,65-52+/t61-,63-,64-,66+,70+,71-,74?,75+,78+,79+,80-,86-,87+,95-/m1/s1. The van der Waals surface area contributed by atoms with Gasteiger partial charge in [0.05, 0.1) is 142 Å². The van der Waals surface area contributed by atoms with Crippen LogP contribution in [0.4, 0.5) is 11.8 Å². The van der Waals surface area contributed by atoms with Crippen LogP contribution in [0.3, 0.4) is 0 Å². The van der Waals surface area contributed by atoms with E-state index in [1.807, 2.05) is 68.6 Å². The molecule has 2 aromatic carbocycles. The van der Waals surface area contributed by atoms with Gasteiger partial charge in [-0.2, -0.15) is 10.1 Å². The van der Waals surface area contributed by atoms with E-state index in [2.05, 4.69) is 41.2 Å². The predicted octanol–water partition coefficient (Wildman–Crippen LogP) is 6.58. The van der Waals surface area contributed by atoms with E-state index in [0.717, 1.165) is 28.9 Å². The lowest BCUT2D eigenvalue weighted by Gasteiger charge is -2.40. The molecule has 3 fully saturated rings. The molecule has 14 atom stereocenters. The number of rotatable bonds is 44. The van der Waals surface area contributed by atoms with Gasteiger partial charge in [-0.05, 0) is 144 Å². The monoisotopic (exact) mass is 1870 g/mol. The Labute approximate surface area is 781 Å². The van der Waals surface area contributed by atoms with Crippen molar-refractivity contribution in [2.75, 3.05) is 158 Å². The number of carbonyl (C=O) groups excluding carboxylic acids is 8. The number of aromatic nitrogens is 8. The van der Waals surface area contributed by atoms with Gasteiger partial charge in [0.1, 0.15) is 59.2 Å². The topological polar surface area (TPSA) is 526 Å². The molecule has 736 valence electrons. The van der Waals surface area contributed by atoms with Crippen LogP contribution < -0.4 is 33.2 Å². The minimum Gasteiger partial charge on any atom is -0.459 e. The molecule has 1 aliphatic carbocycles. The largest absolute Gasteiger partial charge is 0.459 e. The number of allylic oxidation sites excluding steroid dienone is 6. The van der Waals surface area contributed by atoms with Crippen molar-refractivity contribution >= 4 is 80.9 Å². The van der Waals surface area contributed by atoms with Gasteiger partial charge in [-0.15, -0.1) is 5.10 Å². The van der Waals surface area contributed by atoms with Crippen molar-refractivity contribution in [2.45, 2.75) is 211 Å². The van der Waals surface area contributed by atoms with E-state index in [-0.39, 0.29) is 125 Å². The molecular weight excluding hydrogens is 1740 g/mol. The van der Waals surface area contributed by atoms with Gasteiger partial charge in [-0.1, -0.05) is 74.6 Å². The molecule has 7 heterocycles. The second kappa shape index (κ2) is 55.2. The number of unbranched alkanes of at least 4 members (excludes halogenated alkanes) is 1. The number of aliphatic hydroxyl groups excluding tert-OH is 2. The molecule has 10 rings (SSSR count). The fourth-order valence-corrected chi connectivity index (χ4v) is 16.9. The number of hydrogen-bond donors (Lipinski definition) is 9. The van der Waals surface area contributed by atoms with Crippen LogP contribution in [0.5, 0.6) is 0 Å². The number of ether oxygens (including phenoxy) is 12. The highest BCUT2D eigenvalue weighted by atomic mass is 16.6. The maximum absolute atomic E-state index is 14.7. The Bertz CT molecular complexity index is 4880. The number of fused-ring (bicyclic) bond motifs is 5. The molecule has 2 saturated heterocycles.